The van der Waals surface area contributed by atoms with E-state index in [-0.39, 0.29) is 24.8 Å². The molecular weight excluding hydrogens is 322 g/mol. The van der Waals surface area contributed by atoms with Gasteiger partial charge in [0.25, 0.3) is 0 Å². The molecule has 112 valence electrons. The Hall–Kier alpha value is -1.07. The SMILES string of the molecule is CCC(C)C(O)CNC(=O)Cc1cc(OC)ccc1Br. The average molecular weight is 344 g/mol. The van der Waals surface area contributed by atoms with Gasteiger partial charge in [-0.2, -0.15) is 0 Å². The third kappa shape index (κ3) is 5.13. The maximum Gasteiger partial charge on any atom is 0.224 e. The smallest absolute Gasteiger partial charge is 0.224 e. The van der Waals surface area contributed by atoms with Crippen molar-refractivity contribution in [3.63, 3.8) is 0 Å². The van der Waals surface area contributed by atoms with Crippen molar-refractivity contribution in [2.24, 2.45) is 5.92 Å². The molecule has 0 saturated heterocycles. The van der Waals surface area contributed by atoms with Gasteiger partial charge in [0.2, 0.25) is 5.91 Å². The van der Waals surface area contributed by atoms with Crippen molar-refractivity contribution >= 4 is 21.8 Å². The standard InChI is InChI=1S/C15H22BrNO3/c1-4-10(2)14(18)9-17-15(19)8-11-7-12(20-3)5-6-13(11)16/h5-7,10,14,18H,4,8-9H2,1-3H3,(H,17,19). The highest BCUT2D eigenvalue weighted by atomic mass is 79.9. The number of carbonyl (C=O) groups is 1. The fraction of sp³-hybridized carbons (Fsp3) is 0.533. The highest BCUT2D eigenvalue weighted by Crippen LogP contribution is 2.22. The number of carbonyl (C=O) groups excluding carboxylic acids is 1. The Morgan fingerprint density at radius 2 is 2.20 bits per heavy atom. The van der Waals surface area contributed by atoms with E-state index in [0.29, 0.717) is 0 Å². The Kier molecular flexibility index (Phi) is 7.02. The Bertz CT molecular complexity index is 451. The van der Waals surface area contributed by atoms with Crippen LogP contribution in [0.5, 0.6) is 5.75 Å². The summed E-state index contributed by atoms with van der Waals surface area (Å²) in [4.78, 5) is 11.9. The zero-order valence-corrected chi connectivity index (χ0v) is 13.7. The van der Waals surface area contributed by atoms with E-state index in [4.69, 9.17) is 4.74 Å². The lowest BCUT2D eigenvalue weighted by Crippen LogP contribution is -2.36. The van der Waals surface area contributed by atoms with Crippen molar-refractivity contribution in [2.45, 2.75) is 32.8 Å². The number of halogens is 1. The third-order valence-electron chi connectivity index (χ3n) is 3.41. The van der Waals surface area contributed by atoms with Gasteiger partial charge in [0.1, 0.15) is 5.75 Å². The molecule has 0 radical (unpaired) electrons. The lowest BCUT2D eigenvalue weighted by Gasteiger charge is -2.17. The van der Waals surface area contributed by atoms with Crippen LogP contribution in [0.2, 0.25) is 0 Å². The van der Waals surface area contributed by atoms with Gasteiger partial charge in [-0.15, -0.1) is 0 Å². The molecule has 1 aromatic rings. The molecule has 2 N–H and O–H groups in total. The predicted molar refractivity (Wildman–Crippen MR) is 82.9 cm³/mol. The van der Waals surface area contributed by atoms with Crippen molar-refractivity contribution in [2.75, 3.05) is 13.7 Å². The zero-order chi connectivity index (χ0) is 15.1. The minimum absolute atomic E-state index is 0.110. The molecule has 0 saturated carbocycles. The Labute approximate surface area is 128 Å². The third-order valence-corrected chi connectivity index (χ3v) is 4.19. The van der Waals surface area contributed by atoms with E-state index < -0.39 is 6.10 Å². The Balaban J connectivity index is 2.54. The van der Waals surface area contributed by atoms with Crippen LogP contribution < -0.4 is 10.1 Å². The quantitative estimate of drug-likeness (QED) is 0.799. The number of ether oxygens (including phenoxy) is 1. The zero-order valence-electron chi connectivity index (χ0n) is 12.1. The first-order valence-electron chi connectivity index (χ1n) is 6.75. The fourth-order valence-corrected chi connectivity index (χ4v) is 2.13. The van der Waals surface area contributed by atoms with E-state index in [0.717, 1.165) is 22.2 Å². The van der Waals surface area contributed by atoms with Crippen molar-refractivity contribution in [3.05, 3.63) is 28.2 Å². The van der Waals surface area contributed by atoms with Crippen LogP contribution in [0.3, 0.4) is 0 Å². The van der Waals surface area contributed by atoms with Gasteiger partial charge in [-0.3, -0.25) is 4.79 Å². The highest BCUT2D eigenvalue weighted by molar-refractivity contribution is 9.10. The number of aliphatic hydroxyl groups is 1. The molecule has 1 amide bonds. The first kappa shape index (κ1) is 17.0. The summed E-state index contributed by atoms with van der Waals surface area (Å²) in [5.74, 6) is 0.788. The second kappa shape index (κ2) is 8.27. The summed E-state index contributed by atoms with van der Waals surface area (Å²) in [7, 11) is 1.59. The van der Waals surface area contributed by atoms with E-state index in [2.05, 4.69) is 21.2 Å². The summed E-state index contributed by atoms with van der Waals surface area (Å²) in [5, 5.41) is 12.6. The van der Waals surface area contributed by atoms with Crippen LogP contribution in [0, 0.1) is 5.92 Å². The molecule has 5 heteroatoms. The van der Waals surface area contributed by atoms with Crippen LogP contribution in [0.4, 0.5) is 0 Å². The summed E-state index contributed by atoms with van der Waals surface area (Å²) in [6, 6.07) is 5.52. The maximum atomic E-state index is 11.9. The largest absolute Gasteiger partial charge is 0.497 e. The van der Waals surface area contributed by atoms with E-state index >= 15 is 0 Å². The van der Waals surface area contributed by atoms with Crippen LogP contribution in [0.15, 0.2) is 22.7 Å². The molecule has 1 aromatic carbocycles. The Morgan fingerprint density at radius 1 is 1.50 bits per heavy atom. The predicted octanol–water partition coefficient (Wildman–Crippen LogP) is 2.52. The molecule has 2 atom stereocenters. The number of hydrogen-bond donors (Lipinski definition) is 2. The molecule has 20 heavy (non-hydrogen) atoms. The number of methoxy groups -OCH3 is 1. The van der Waals surface area contributed by atoms with Crippen LogP contribution in [0.25, 0.3) is 0 Å². The summed E-state index contributed by atoms with van der Waals surface area (Å²) in [6.45, 7) is 4.27. The molecule has 0 aliphatic carbocycles. The molecule has 0 aromatic heterocycles. The van der Waals surface area contributed by atoms with Crippen LogP contribution >= 0.6 is 15.9 Å². The van der Waals surface area contributed by atoms with Crippen LogP contribution in [-0.4, -0.2) is 30.8 Å². The first-order valence-corrected chi connectivity index (χ1v) is 7.54. The molecule has 2 unspecified atom stereocenters. The summed E-state index contributed by atoms with van der Waals surface area (Å²) in [6.07, 6.45) is 0.640. The molecule has 0 aliphatic rings. The van der Waals surface area contributed by atoms with Crippen molar-refractivity contribution < 1.29 is 14.6 Å². The fourth-order valence-electron chi connectivity index (χ4n) is 1.74. The molecule has 0 bridgehead atoms. The number of nitrogens with one attached hydrogen (secondary N) is 1. The molecule has 1 rings (SSSR count). The lowest BCUT2D eigenvalue weighted by atomic mass is 10.0. The van der Waals surface area contributed by atoms with Crippen molar-refractivity contribution in [1.82, 2.24) is 5.32 Å². The average Bonchev–Trinajstić information content (AvgIpc) is 2.46. The van der Waals surface area contributed by atoms with Crippen molar-refractivity contribution in [1.29, 1.82) is 0 Å². The molecule has 0 aliphatic heterocycles. The summed E-state index contributed by atoms with van der Waals surface area (Å²) in [5.41, 5.74) is 0.861. The maximum absolute atomic E-state index is 11.9. The van der Waals surface area contributed by atoms with Crippen molar-refractivity contribution in [3.8, 4) is 5.75 Å². The molecule has 0 fully saturated rings. The monoisotopic (exact) mass is 343 g/mol. The van der Waals surface area contributed by atoms with E-state index in [1.54, 1.807) is 7.11 Å². The first-order chi connectivity index (χ1) is 9.47. The minimum atomic E-state index is -0.502. The normalized spacial score (nSPS) is 13.7. The molecule has 0 spiro atoms. The Morgan fingerprint density at radius 3 is 2.80 bits per heavy atom. The van der Waals surface area contributed by atoms with Gasteiger partial charge in [0, 0.05) is 11.0 Å². The highest BCUT2D eigenvalue weighted by Gasteiger charge is 2.14. The van der Waals surface area contributed by atoms with Crippen LogP contribution in [0.1, 0.15) is 25.8 Å². The number of rotatable bonds is 7. The molecule has 0 heterocycles. The topological polar surface area (TPSA) is 58.6 Å². The summed E-state index contributed by atoms with van der Waals surface area (Å²) >= 11 is 3.42. The second-order valence-electron chi connectivity index (χ2n) is 4.89. The van der Waals surface area contributed by atoms with Gasteiger partial charge in [-0.05, 0) is 29.7 Å². The second-order valence-corrected chi connectivity index (χ2v) is 5.75. The summed E-state index contributed by atoms with van der Waals surface area (Å²) < 4.78 is 6.01. The van der Waals surface area contributed by atoms with Crippen LogP contribution in [-0.2, 0) is 11.2 Å². The number of aliphatic hydroxyl groups excluding tert-OH is 1. The van der Waals surface area contributed by atoms with E-state index in [1.807, 2.05) is 32.0 Å². The number of hydrogen-bond acceptors (Lipinski definition) is 3. The van der Waals surface area contributed by atoms with E-state index in [9.17, 15) is 9.90 Å². The molecule has 4 nitrogen and oxygen atoms in total. The lowest BCUT2D eigenvalue weighted by molar-refractivity contribution is -0.121. The van der Waals surface area contributed by atoms with E-state index in [1.165, 1.54) is 0 Å². The van der Waals surface area contributed by atoms with Gasteiger partial charge < -0.3 is 15.2 Å². The van der Waals surface area contributed by atoms with Gasteiger partial charge >= 0.3 is 0 Å². The minimum Gasteiger partial charge on any atom is -0.497 e. The van der Waals surface area contributed by atoms with Gasteiger partial charge in [-0.25, -0.2) is 0 Å². The van der Waals surface area contributed by atoms with Gasteiger partial charge in [0.15, 0.2) is 0 Å². The number of benzene rings is 1. The molecular formula is C15H22BrNO3. The van der Waals surface area contributed by atoms with Gasteiger partial charge in [-0.1, -0.05) is 36.2 Å². The number of amides is 1. The van der Waals surface area contributed by atoms with Gasteiger partial charge in [0.05, 0.1) is 19.6 Å².